The Morgan fingerprint density at radius 1 is 1.18 bits per heavy atom. The van der Waals surface area contributed by atoms with E-state index >= 15 is 0 Å². The number of H-pyrrole nitrogens is 1. The highest BCUT2D eigenvalue weighted by Crippen LogP contribution is 2.28. The number of hydrogen-bond acceptors (Lipinski definition) is 6. The lowest BCUT2D eigenvalue weighted by Gasteiger charge is -2.13. The number of hydrogen-bond donors (Lipinski definition) is 2. The molecule has 0 aliphatic carbocycles. The number of thioether (sulfide) groups is 1. The summed E-state index contributed by atoms with van der Waals surface area (Å²) in [4.78, 5) is 31.4. The molecule has 0 aliphatic rings. The molecule has 1 heterocycles. The predicted octanol–water partition coefficient (Wildman–Crippen LogP) is 2.94. The number of aromatic nitrogens is 2. The van der Waals surface area contributed by atoms with Crippen molar-refractivity contribution in [1.29, 1.82) is 0 Å². The number of rotatable bonds is 8. The lowest BCUT2D eigenvalue weighted by Crippen LogP contribution is -2.19. The van der Waals surface area contributed by atoms with Crippen LogP contribution in [0.1, 0.15) is 22.3 Å². The van der Waals surface area contributed by atoms with E-state index in [2.05, 4.69) is 9.97 Å². The second kappa shape index (κ2) is 8.79. The van der Waals surface area contributed by atoms with Gasteiger partial charge < -0.3 is 20.2 Å². The number of amides is 1. The molecule has 0 bridgehead atoms. The maximum atomic E-state index is 12.2. The van der Waals surface area contributed by atoms with Crippen molar-refractivity contribution in [3.05, 3.63) is 53.6 Å². The lowest BCUT2D eigenvalue weighted by atomic mass is 10.1. The first-order valence-electron chi connectivity index (χ1n) is 8.67. The average molecular weight is 399 g/mol. The van der Waals surface area contributed by atoms with Gasteiger partial charge in [-0.05, 0) is 42.7 Å². The highest BCUT2D eigenvalue weighted by Gasteiger charge is 2.23. The quantitative estimate of drug-likeness (QED) is 0.445. The molecule has 0 saturated heterocycles. The number of methoxy groups -OCH3 is 2. The molecule has 1 unspecified atom stereocenters. The summed E-state index contributed by atoms with van der Waals surface area (Å²) in [6.07, 6.45) is 1.27. The van der Waals surface area contributed by atoms with Gasteiger partial charge >= 0.3 is 5.97 Å². The Bertz CT molecular complexity index is 985. The number of aromatic amines is 1. The maximum absolute atomic E-state index is 12.2. The van der Waals surface area contributed by atoms with Gasteiger partial charge in [-0.15, -0.1) is 0 Å². The molecule has 0 radical (unpaired) electrons. The molecule has 1 aromatic heterocycles. The van der Waals surface area contributed by atoms with Crippen molar-refractivity contribution in [2.45, 2.75) is 23.2 Å². The molecule has 3 aromatic rings. The Morgan fingerprint density at radius 3 is 2.57 bits per heavy atom. The van der Waals surface area contributed by atoms with Gasteiger partial charge in [0.2, 0.25) is 0 Å². The third-order valence-electron chi connectivity index (χ3n) is 4.33. The van der Waals surface area contributed by atoms with Crippen molar-refractivity contribution in [2.24, 2.45) is 5.73 Å². The Hall–Kier alpha value is -3.00. The molecule has 1 amide bonds. The molecule has 7 nitrogen and oxygen atoms in total. The Morgan fingerprint density at radius 2 is 1.93 bits per heavy atom. The number of esters is 1. The number of nitrogens with two attached hydrogens (primary N) is 1. The SMILES string of the molecule is COC(=O)C(CCc1ccc(OC)cc1)Sc1nc2c(C(N)=O)cccc2[nH]1. The Labute approximate surface area is 166 Å². The van der Waals surface area contributed by atoms with Crippen LogP contribution in [0.25, 0.3) is 11.0 Å². The van der Waals surface area contributed by atoms with E-state index in [1.807, 2.05) is 30.3 Å². The van der Waals surface area contributed by atoms with E-state index in [9.17, 15) is 9.59 Å². The van der Waals surface area contributed by atoms with Crippen molar-refractivity contribution in [3.63, 3.8) is 0 Å². The zero-order chi connectivity index (χ0) is 20.1. The average Bonchev–Trinajstić information content (AvgIpc) is 3.13. The van der Waals surface area contributed by atoms with Crippen LogP contribution in [-0.2, 0) is 16.0 Å². The van der Waals surface area contributed by atoms with E-state index in [4.69, 9.17) is 15.2 Å². The molecule has 28 heavy (non-hydrogen) atoms. The second-order valence-corrected chi connectivity index (χ2v) is 7.32. The molecular weight excluding hydrogens is 378 g/mol. The zero-order valence-electron chi connectivity index (χ0n) is 15.6. The van der Waals surface area contributed by atoms with Gasteiger partial charge in [0, 0.05) is 0 Å². The highest BCUT2D eigenvalue weighted by molar-refractivity contribution is 8.00. The molecule has 146 valence electrons. The van der Waals surface area contributed by atoms with Gasteiger partial charge in [0.05, 0.1) is 25.3 Å². The van der Waals surface area contributed by atoms with Gasteiger partial charge in [0.1, 0.15) is 16.5 Å². The summed E-state index contributed by atoms with van der Waals surface area (Å²) in [6, 6.07) is 12.9. The molecule has 3 N–H and O–H groups in total. The molecule has 8 heteroatoms. The van der Waals surface area contributed by atoms with Gasteiger partial charge in [0.15, 0.2) is 5.16 Å². The minimum Gasteiger partial charge on any atom is -0.497 e. The number of aryl methyl sites for hydroxylation is 1. The number of carbonyl (C=O) groups is 2. The fourth-order valence-corrected chi connectivity index (χ4v) is 3.86. The van der Waals surface area contributed by atoms with E-state index < -0.39 is 11.2 Å². The largest absolute Gasteiger partial charge is 0.497 e. The van der Waals surface area contributed by atoms with Crippen LogP contribution in [0.4, 0.5) is 0 Å². The summed E-state index contributed by atoms with van der Waals surface area (Å²) < 4.78 is 10.1. The third kappa shape index (κ3) is 4.45. The molecule has 1 atom stereocenters. The van der Waals surface area contributed by atoms with E-state index in [0.717, 1.165) is 11.3 Å². The summed E-state index contributed by atoms with van der Waals surface area (Å²) in [5.74, 6) is -0.0815. The van der Waals surface area contributed by atoms with Crippen LogP contribution in [0.5, 0.6) is 5.75 Å². The molecule has 0 saturated carbocycles. The normalized spacial score (nSPS) is 11.9. The van der Waals surface area contributed by atoms with E-state index in [0.29, 0.717) is 34.6 Å². The summed E-state index contributed by atoms with van der Waals surface area (Å²) in [6.45, 7) is 0. The minimum atomic E-state index is -0.544. The summed E-state index contributed by atoms with van der Waals surface area (Å²) in [5, 5.41) is 0.0959. The molecule has 2 aromatic carbocycles. The fourth-order valence-electron chi connectivity index (χ4n) is 2.85. The Balaban J connectivity index is 1.76. The lowest BCUT2D eigenvalue weighted by molar-refractivity contribution is -0.140. The van der Waals surface area contributed by atoms with E-state index in [-0.39, 0.29) is 5.97 Å². The van der Waals surface area contributed by atoms with Crippen LogP contribution in [-0.4, -0.2) is 41.3 Å². The van der Waals surface area contributed by atoms with Crippen LogP contribution in [0.3, 0.4) is 0 Å². The first kappa shape index (κ1) is 19.8. The van der Waals surface area contributed by atoms with Gasteiger partial charge in [-0.3, -0.25) is 9.59 Å². The summed E-state index contributed by atoms with van der Waals surface area (Å²) in [5.41, 5.74) is 8.03. The van der Waals surface area contributed by atoms with Crippen LogP contribution in [0.2, 0.25) is 0 Å². The monoisotopic (exact) mass is 399 g/mol. The molecule has 3 rings (SSSR count). The Kier molecular flexibility index (Phi) is 6.20. The number of carbonyl (C=O) groups excluding carboxylic acids is 2. The zero-order valence-corrected chi connectivity index (χ0v) is 16.4. The van der Waals surface area contributed by atoms with Crippen LogP contribution in [0.15, 0.2) is 47.6 Å². The van der Waals surface area contributed by atoms with Crippen LogP contribution >= 0.6 is 11.8 Å². The van der Waals surface area contributed by atoms with Crippen LogP contribution < -0.4 is 10.5 Å². The maximum Gasteiger partial charge on any atom is 0.319 e. The number of fused-ring (bicyclic) bond motifs is 1. The molecular formula is C20H21N3O4S. The summed E-state index contributed by atoms with van der Waals surface area (Å²) >= 11 is 1.28. The number of ether oxygens (including phenoxy) is 2. The van der Waals surface area contributed by atoms with Crippen molar-refractivity contribution in [2.75, 3.05) is 14.2 Å². The molecule has 0 aliphatic heterocycles. The minimum absolute atomic E-state index is 0.325. The summed E-state index contributed by atoms with van der Waals surface area (Å²) in [7, 11) is 2.99. The van der Waals surface area contributed by atoms with Gasteiger partial charge in [-0.1, -0.05) is 30.0 Å². The number of benzene rings is 2. The molecule has 0 spiro atoms. The first-order chi connectivity index (χ1) is 13.5. The molecule has 0 fully saturated rings. The number of nitrogens with one attached hydrogen (secondary N) is 1. The van der Waals surface area contributed by atoms with Crippen LogP contribution in [0, 0.1) is 0 Å². The smallest absolute Gasteiger partial charge is 0.319 e. The van der Waals surface area contributed by atoms with Gasteiger partial charge in [0.25, 0.3) is 5.91 Å². The highest BCUT2D eigenvalue weighted by atomic mass is 32.2. The topological polar surface area (TPSA) is 107 Å². The number of nitrogens with zero attached hydrogens (tertiary/aromatic N) is 1. The van der Waals surface area contributed by atoms with Gasteiger partial charge in [-0.25, -0.2) is 4.98 Å². The van der Waals surface area contributed by atoms with E-state index in [1.54, 1.807) is 19.2 Å². The second-order valence-electron chi connectivity index (χ2n) is 6.12. The third-order valence-corrected chi connectivity index (χ3v) is 5.46. The van der Waals surface area contributed by atoms with Crippen molar-refractivity contribution >= 4 is 34.7 Å². The van der Waals surface area contributed by atoms with E-state index in [1.165, 1.54) is 18.9 Å². The standard InChI is InChI=1S/C20H21N3O4S/c1-26-13-9-6-12(7-10-13)8-11-16(19(25)27-2)28-20-22-15-5-3-4-14(18(21)24)17(15)23-20/h3-7,9-10,16H,8,11H2,1-2H3,(H2,21,24)(H,22,23). The van der Waals surface area contributed by atoms with Crippen molar-refractivity contribution in [3.8, 4) is 5.75 Å². The number of para-hydroxylation sites is 1. The van der Waals surface area contributed by atoms with Crippen molar-refractivity contribution < 1.29 is 19.1 Å². The predicted molar refractivity (Wildman–Crippen MR) is 108 cm³/mol. The van der Waals surface area contributed by atoms with Crippen molar-refractivity contribution in [1.82, 2.24) is 9.97 Å². The first-order valence-corrected chi connectivity index (χ1v) is 9.55. The number of imidazole rings is 1. The van der Waals surface area contributed by atoms with Gasteiger partial charge in [-0.2, -0.15) is 0 Å². The fraction of sp³-hybridized carbons (Fsp3) is 0.250. The number of primary amides is 1.